The van der Waals surface area contributed by atoms with Crippen molar-refractivity contribution in [1.29, 1.82) is 0 Å². The van der Waals surface area contributed by atoms with E-state index in [9.17, 15) is 4.79 Å². The molecule has 150 valence electrons. The van der Waals surface area contributed by atoms with E-state index in [2.05, 4.69) is 15.5 Å². The fraction of sp³-hybridized carbons (Fsp3) is 0.273. The maximum absolute atomic E-state index is 12.2. The Morgan fingerprint density at radius 3 is 2.69 bits per heavy atom. The number of amides is 1. The minimum absolute atomic E-state index is 0.0931. The Hall–Kier alpha value is -2.67. The molecule has 4 rings (SSSR count). The number of fused-ring (bicyclic) bond motifs is 1. The van der Waals surface area contributed by atoms with Crippen molar-refractivity contribution in [3.63, 3.8) is 0 Å². The van der Waals surface area contributed by atoms with Crippen LogP contribution in [0, 0.1) is 0 Å². The van der Waals surface area contributed by atoms with Crippen LogP contribution in [0.1, 0.15) is 30.2 Å². The fourth-order valence-corrected chi connectivity index (χ4v) is 3.60. The first-order chi connectivity index (χ1) is 14.0. The summed E-state index contributed by atoms with van der Waals surface area (Å²) in [6.45, 7) is 2.75. The van der Waals surface area contributed by atoms with Gasteiger partial charge in [-0.2, -0.15) is 5.10 Å². The van der Waals surface area contributed by atoms with Crippen molar-refractivity contribution in [2.24, 2.45) is 5.10 Å². The van der Waals surface area contributed by atoms with E-state index in [1.54, 1.807) is 13.1 Å². The highest BCUT2D eigenvalue weighted by atomic mass is 35.5. The second-order valence-corrected chi connectivity index (χ2v) is 7.60. The van der Waals surface area contributed by atoms with Crippen molar-refractivity contribution in [2.45, 2.75) is 25.6 Å². The van der Waals surface area contributed by atoms with Crippen molar-refractivity contribution in [3.8, 4) is 0 Å². The van der Waals surface area contributed by atoms with Gasteiger partial charge in [0.15, 0.2) is 5.79 Å². The summed E-state index contributed by atoms with van der Waals surface area (Å²) in [6.07, 6.45) is 2.47. The van der Waals surface area contributed by atoms with Crippen LogP contribution in [0.2, 0.25) is 5.02 Å². The number of aromatic nitrogens is 1. The Balaban J connectivity index is 1.53. The first kappa shape index (κ1) is 19.6. The predicted molar refractivity (Wildman–Crippen MR) is 113 cm³/mol. The summed E-state index contributed by atoms with van der Waals surface area (Å²) in [7, 11) is 0. The first-order valence-corrected chi connectivity index (χ1v) is 9.84. The summed E-state index contributed by atoms with van der Waals surface area (Å²) in [6, 6.07) is 15.8. The molecule has 1 aromatic heterocycles. The van der Waals surface area contributed by atoms with Crippen LogP contribution in [0.25, 0.3) is 10.9 Å². The summed E-state index contributed by atoms with van der Waals surface area (Å²) < 4.78 is 10.9. The second kappa shape index (κ2) is 8.37. The molecule has 0 aliphatic carbocycles. The zero-order chi connectivity index (χ0) is 20.3. The van der Waals surface area contributed by atoms with E-state index in [0.717, 1.165) is 27.7 Å². The van der Waals surface area contributed by atoms with Crippen molar-refractivity contribution in [1.82, 2.24) is 10.4 Å². The van der Waals surface area contributed by atoms with Gasteiger partial charge < -0.3 is 14.5 Å². The van der Waals surface area contributed by atoms with E-state index in [-0.39, 0.29) is 12.3 Å². The summed E-state index contributed by atoms with van der Waals surface area (Å²) in [5.41, 5.74) is 6.68. The van der Waals surface area contributed by atoms with Gasteiger partial charge in [0.05, 0.1) is 25.8 Å². The lowest BCUT2D eigenvalue weighted by Crippen LogP contribution is -2.33. The quantitative estimate of drug-likeness (QED) is 0.475. The van der Waals surface area contributed by atoms with Gasteiger partial charge in [0.2, 0.25) is 5.91 Å². The highest BCUT2D eigenvalue weighted by Gasteiger charge is 2.33. The normalized spacial score (nSPS) is 15.9. The maximum Gasteiger partial charge on any atom is 0.245 e. The lowest BCUT2D eigenvalue weighted by Gasteiger charge is -2.20. The van der Waals surface area contributed by atoms with Gasteiger partial charge in [0, 0.05) is 33.6 Å². The Kier molecular flexibility index (Phi) is 5.67. The molecule has 2 N–H and O–H groups in total. The summed E-state index contributed by atoms with van der Waals surface area (Å²) in [5.74, 6) is -1.13. The average molecular weight is 412 g/mol. The molecule has 0 radical (unpaired) electrons. The number of hydrogen-bond acceptors (Lipinski definition) is 4. The Morgan fingerprint density at radius 1 is 1.21 bits per heavy atom. The van der Waals surface area contributed by atoms with E-state index in [1.807, 2.05) is 48.5 Å². The first-order valence-electron chi connectivity index (χ1n) is 9.46. The van der Waals surface area contributed by atoms with Crippen LogP contribution < -0.4 is 5.43 Å². The van der Waals surface area contributed by atoms with Crippen LogP contribution in [-0.2, 0) is 20.7 Å². The molecule has 1 aliphatic rings. The Labute approximate surface area is 173 Å². The van der Waals surface area contributed by atoms with E-state index in [4.69, 9.17) is 21.1 Å². The summed E-state index contributed by atoms with van der Waals surface area (Å²) >= 11 is 5.99. The third-order valence-electron chi connectivity index (χ3n) is 4.88. The molecule has 0 saturated carbocycles. The van der Waals surface area contributed by atoms with E-state index in [0.29, 0.717) is 24.7 Å². The zero-order valence-corrected chi connectivity index (χ0v) is 16.8. The average Bonchev–Trinajstić information content (AvgIpc) is 3.27. The number of nitrogens with zero attached hydrogens (tertiary/aromatic N) is 1. The molecule has 1 fully saturated rings. The van der Waals surface area contributed by atoms with Crippen molar-refractivity contribution in [3.05, 3.63) is 70.4 Å². The number of carbonyl (C=O) groups excluding carboxylic acids is 1. The smallest absolute Gasteiger partial charge is 0.245 e. The Bertz CT molecular complexity index is 1040. The monoisotopic (exact) mass is 411 g/mol. The summed E-state index contributed by atoms with van der Waals surface area (Å²) in [5, 5.41) is 5.93. The van der Waals surface area contributed by atoms with Crippen molar-refractivity contribution >= 4 is 34.6 Å². The topological polar surface area (TPSA) is 75.7 Å². The molecule has 7 heteroatoms. The molecule has 0 atom stereocenters. The Morgan fingerprint density at radius 2 is 1.93 bits per heavy atom. The molecular weight excluding hydrogens is 390 g/mol. The van der Waals surface area contributed by atoms with Crippen molar-refractivity contribution in [2.75, 3.05) is 13.2 Å². The van der Waals surface area contributed by atoms with Gasteiger partial charge in [-0.05, 0) is 30.7 Å². The van der Waals surface area contributed by atoms with Gasteiger partial charge in [-0.25, -0.2) is 5.43 Å². The molecule has 1 saturated heterocycles. The fourth-order valence-electron chi connectivity index (χ4n) is 3.47. The molecule has 29 heavy (non-hydrogen) atoms. The molecule has 2 aromatic carbocycles. The lowest BCUT2D eigenvalue weighted by atomic mass is 10.1. The van der Waals surface area contributed by atoms with Gasteiger partial charge >= 0.3 is 0 Å². The summed E-state index contributed by atoms with van der Waals surface area (Å²) in [4.78, 5) is 15.7. The number of H-pyrrole nitrogens is 1. The van der Waals surface area contributed by atoms with Gasteiger partial charge in [0.25, 0.3) is 0 Å². The number of halogens is 1. The lowest BCUT2D eigenvalue weighted by molar-refractivity contribution is -0.159. The highest BCUT2D eigenvalue weighted by Crippen LogP contribution is 2.24. The number of carbonyl (C=O) groups is 1. The van der Waals surface area contributed by atoms with E-state index < -0.39 is 5.79 Å². The largest absolute Gasteiger partial charge is 0.358 e. The standard InChI is InChI=1S/C22H22ClN3O3/c1-22(28-10-11-29-22)13-21(27)26-24-14-18-17-4-2-3-5-19(17)25-20(18)12-15-6-8-16(23)9-7-15/h2-9,14,25H,10-13H2,1H3,(H,26,27)/b24-14-. The molecule has 1 amide bonds. The van der Waals surface area contributed by atoms with Gasteiger partial charge in [-0.15, -0.1) is 0 Å². The number of hydrazone groups is 1. The SMILES string of the molecule is CC1(CC(=O)N/N=C\c2c(Cc3ccc(Cl)cc3)[nH]c3ccccc23)OCCO1. The molecule has 0 unspecified atom stereocenters. The van der Waals surface area contributed by atoms with Gasteiger partial charge in [-0.1, -0.05) is 41.9 Å². The third-order valence-corrected chi connectivity index (χ3v) is 5.14. The third kappa shape index (κ3) is 4.67. The van der Waals surface area contributed by atoms with Crippen LogP contribution >= 0.6 is 11.6 Å². The maximum atomic E-state index is 12.2. The number of rotatable bonds is 6. The van der Waals surface area contributed by atoms with Crippen LogP contribution in [0.4, 0.5) is 0 Å². The molecular formula is C22H22ClN3O3. The highest BCUT2D eigenvalue weighted by molar-refractivity contribution is 6.30. The van der Waals surface area contributed by atoms with Gasteiger partial charge in [0.1, 0.15) is 0 Å². The minimum Gasteiger partial charge on any atom is -0.358 e. The van der Waals surface area contributed by atoms with Crippen LogP contribution in [-0.4, -0.2) is 36.1 Å². The molecule has 1 aliphatic heterocycles. The predicted octanol–water partition coefficient (Wildman–Crippen LogP) is 4.02. The number of aromatic amines is 1. The number of ether oxygens (including phenoxy) is 2. The number of hydrogen-bond donors (Lipinski definition) is 2. The van der Waals surface area contributed by atoms with Crippen LogP contribution in [0.5, 0.6) is 0 Å². The molecule has 0 spiro atoms. The van der Waals surface area contributed by atoms with Crippen LogP contribution in [0.3, 0.4) is 0 Å². The van der Waals surface area contributed by atoms with Crippen LogP contribution in [0.15, 0.2) is 53.6 Å². The molecule has 3 aromatic rings. The van der Waals surface area contributed by atoms with Gasteiger partial charge in [-0.3, -0.25) is 4.79 Å². The zero-order valence-electron chi connectivity index (χ0n) is 16.1. The minimum atomic E-state index is -0.875. The number of nitrogens with one attached hydrogen (secondary N) is 2. The van der Waals surface area contributed by atoms with E-state index in [1.165, 1.54) is 0 Å². The molecule has 2 heterocycles. The van der Waals surface area contributed by atoms with E-state index >= 15 is 0 Å². The number of para-hydroxylation sites is 1. The molecule has 6 nitrogen and oxygen atoms in total. The number of benzene rings is 2. The second-order valence-electron chi connectivity index (χ2n) is 7.17. The van der Waals surface area contributed by atoms with Crippen molar-refractivity contribution < 1.29 is 14.3 Å². The molecule has 0 bridgehead atoms.